The van der Waals surface area contributed by atoms with Gasteiger partial charge in [-0.15, -0.1) is 0 Å². The van der Waals surface area contributed by atoms with Crippen LogP contribution in [-0.4, -0.2) is 32.4 Å². The fourth-order valence-electron chi connectivity index (χ4n) is 1.29. The first-order valence-corrected chi connectivity index (χ1v) is 8.46. The molecular formula is C12H17NO4S2. The fraction of sp³-hybridized carbons (Fsp3) is 0.417. The summed E-state index contributed by atoms with van der Waals surface area (Å²) in [6.07, 6.45) is 2.25. The van der Waals surface area contributed by atoms with Crippen LogP contribution in [0, 0.1) is 6.92 Å². The summed E-state index contributed by atoms with van der Waals surface area (Å²) in [7, 11) is -4.08. The van der Waals surface area contributed by atoms with Crippen LogP contribution in [0.4, 0.5) is 0 Å². The van der Waals surface area contributed by atoms with Gasteiger partial charge in [-0.2, -0.15) is 20.2 Å². The number of thioether (sulfide) groups is 1. The van der Waals surface area contributed by atoms with E-state index in [0.29, 0.717) is 12.2 Å². The van der Waals surface area contributed by atoms with Crippen LogP contribution in [0.2, 0.25) is 0 Å². The van der Waals surface area contributed by atoms with Gasteiger partial charge < -0.3 is 9.92 Å². The van der Waals surface area contributed by atoms with Crippen LogP contribution in [0.25, 0.3) is 0 Å². The predicted octanol–water partition coefficient (Wildman–Crippen LogP) is 1.31. The first kappa shape index (κ1) is 16.0. The van der Waals surface area contributed by atoms with Crippen molar-refractivity contribution in [3.63, 3.8) is 0 Å². The molecule has 0 saturated carbocycles. The number of hydrogen-bond acceptors (Lipinski definition) is 6. The predicted molar refractivity (Wildman–Crippen MR) is 75.4 cm³/mol. The van der Waals surface area contributed by atoms with E-state index >= 15 is 0 Å². The normalized spacial score (nSPS) is 13.0. The summed E-state index contributed by atoms with van der Waals surface area (Å²) in [6.45, 7) is 1.83. The van der Waals surface area contributed by atoms with E-state index in [2.05, 4.69) is 4.18 Å². The van der Waals surface area contributed by atoms with Crippen molar-refractivity contribution in [1.82, 2.24) is 0 Å². The lowest BCUT2D eigenvalue weighted by atomic mass is 10.2. The Morgan fingerprint density at radius 2 is 1.95 bits per heavy atom. The topological polar surface area (TPSA) is 86.5 Å². The monoisotopic (exact) mass is 303 g/mol. The summed E-state index contributed by atoms with van der Waals surface area (Å²) in [5.74, 6) is -0.254. The van der Waals surface area contributed by atoms with Crippen molar-refractivity contribution in [2.24, 2.45) is 5.73 Å². The van der Waals surface area contributed by atoms with Crippen molar-refractivity contribution in [2.75, 3.05) is 12.0 Å². The molecule has 1 aromatic carbocycles. The van der Waals surface area contributed by atoms with Gasteiger partial charge in [-0.25, -0.2) is 4.79 Å². The van der Waals surface area contributed by atoms with E-state index < -0.39 is 22.1 Å². The van der Waals surface area contributed by atoms with Gasteiger partial charge in [0, 0.05) is 0 Å². The van der Waals surface area contributed by atoms with Gasteiger partial charge in [0.25, 0.3) is 0 Å². The van der Waals surface area contributed by atoms with Gasteiger partial charge in [-0.3, -0.25) is 0 Å². The molecule has 5 nitrogen and oxygen atoms in total. The molecule has 0 fully saturated rings. The van der Waals surface area contributed by atoms with Gasteiger partial charge >= 0.3 is 16.1 Å². The Labute approximate surface area is 117 Å². The molecule has 0 heterocycles. The van der Waals surface area contributed by atoms with Crippen molar-refractivity contribution in [2.45, 2.75) is 24.3 Å². The number of carbonyl (C=O) groups excluding carboxylic acids is 1. The van der Waals surface area contributed by atoms with Gasteiger partial charge in [0.15, 0.2) is 0 Å². The summed E-state index contributed by atoms with van der Waals surface area (Å²) in [5, 5.41) is 0. The number of aryl methyl sites for hydroxylation is 1. The Kier molecular flexibility index (Phi) is 5.84. The number of benzene rings is 1. The second-order valence-electron chi connectivity index (χ2n) is 4.06. The van der Waals surface area contributed by atoms with Gasteiger partial charge in [-0.1, -0.05) is 17.7 Å². The van der Waals surface area contributed by atoms with Crippen LogP contribution in [0.1, 0.15) is 12.0 Å². The van der Waals surface area contributed by atoms with Gasteiger partial charge in [0.1, 0.15) is 10.9 Å². The molecule has 0 aromatic heterocycles. The van der Waals surface area contributed by atoms with Gasteiger partial charge in [0.05, 0.1) is 0 Å². The standard InChI is InChI=1S/C12H17NO4S2/c1-9-3-5-10(6-4-9)19(15,16)17-12(14)11(13)7-8-18-2/h3-6,11H,7-8,13H2,1-2H3/t11-/m0/s1. The largest absolute Gasteiger partial charge is 0.341 e. The minimum absolute atomic E-state index is 0.0523. The second-order valence-corrected chi connectivity index (χ2v) is 6.59. The van der Waals surface area contributed by atoms with E-state index in [0.717, 1.165) is 5.56 Å². The molecule has 1 rings (SSSR count). The summed E-state index contributed by atoms with van der Waals surface area (Å²) in [6, 6.07) is 5.13. The summed E-state index contributed by atoms with van der Waals surface area (Å²) in [5.41, 5.74) is 6.48. The van der Waals surface area contributed by atoms with Crippen LogP contribution in [0.3, 0.4) is 0 Å². The maximum atomic E-state index is 11.8. The summed E-state index contributed by atoms with van der Waals surface area (Å²) < 4.78 is 28.2. The van der Waals surface area contributed by atoms with Crippen LogP contribution >= 0.6 is 11.8 Å². The molecule has 0 unspecified atom stereocenters. The Bertz CT molecular complexity index is 525. The Hall–Kier alpha value is -1.05. The molecule has 2 N–H and O–H groups in total. The molecule has 1 aromatic rings. The van der Waals surface area contributed by atoms with E-state index in [1.807, 2.05) is 13.2 Å². The second kappa shape index (κ2) is 6.93. The van der Waals surface area contributed by atoms with Crippen molar-refractivity contribution in [1.29, 1.82) is 0 Å². The molecule has 0 amide bonds. The van der Waals surface area contributed by atoms with Gasteiger partial charge in [0.2, 0.25) is 0 Å². The van der Waals surface area contributed by atoms with Crippen molar-refractivity contribution in [3.05, 3.63) is 29.8 Å². The third kappa shape index (κ3) is 4.85. The average Bonchev–Trinajstić information content (AvgIpc) is 2.35. The zero-order chi connectivity index (χ0) is 14.5. The smallest absolute Gasteiger partial charge is 0.341 e. The lowest BCUT2D eigenvalue weighted by molar-refractivity contribution is -0.135. The van der Waals surface area contributed by atoms with E-state index in [9.17, 15) is 13.2 Å². The van der Waals surface area contributed by atoms with Crippen molar-refractivity contribution in [3.8, 4) is 0 Å². The van der Waals surface area contributed by atoms with Crippen LogP contribution in [0.5, 0.6) is 0 Å². The highest BCUT2D eigenvalue weighted by atomic mass is 32.2. The maximum absolute atomic E-state index is 11.8. The lowest BCUT2D eigenvalue weighted by Gasteiger charge is -2.10. The minimum atomic E-state index is -4.08. The SMILES string of the molecule is CSCC[C@H](N)C(=O)OS(=O)(=O)c1ccc(C)cc1. The number of carbonyl (C=O) groups is 1. The average molecular weight is 303 g/mol. The number of nitrogens with two attached hydrogens (primary N) is 1. The maximum Gasteiger partial charge on any atom is 0.341 e. The molecule has 0 aliphatic heterocycles. The molecule has 7 heteroatoms. The quantitative estimate of drug-likeness (QED) is 0.797. The highest BCUT2D eigenvalue weighted by Crippen LogP contribution is 2.14. The van der Waals surface area contributed by atoms with Crippen molar-refractivity contribution >= 4 is 27.8 Å². The first-order chi connectivity index (χ1) is 8.86. The molecule has 106 valence electrons. The Morgan fingerprint density at radius 1 is 1.37 bits per heavy atom. The number of hydrogen-bond donors (Lipinski definition) is 1. The highest BCUT2D eigenvalue weighted by Gasteiger charge is 2.24. The molecule has 0 bridgehead atoms. The Balaban J connectivity index is 2.74. The summed E-state index contributed by atoms with van der Waals surface area (Å²) in [4.78, 5) is 11.5. The fourth-order valence-corrected chi connectivity index (χ4v) is 2.68. The molecule has 0 aliphatic carbocycles. The third-order valence-corrected chi connectivity index (χ3v) is 4.31. The summed E-state index contributed by atoms with van der Waals surface area (Å²) >= 11 is 1.53. The molecule has 19 heavy (non-hydrogen) atoms. The minimum Gasteiger partial charge on any atom is -0.341 e. The highest BCUT2D eigenvalue weighted by molar-refractivity contribution is 7.98. The van der Waals surface area contributed by atoms with E-state index in [4.69, 9.17) is 5.73 Å². The molecular weight excluding hydrogens is 286 g/mol. The third-order valence-electron chi connectivity index (χ3n) is 2.44. The van der Waals surface area contributed by atoms with Crippen LogP contribution in [0.15, 0.2) is 29.2 Å². The number of rotatable bonds is 6. The van der Waals surface area contributed by atoms with Crippen LogP contribution in [-0.2, 0) is 19.1 Å². The first-order valence-electron chi connectivity index (χ1n) is 5.66. The molecule has 0 aliphatic rings. The lowest BCUT2D eigenvalue weighted by Crippen LogP contribution is -2.34. The van der Waals surface area contributed by atoms with Crippen molar-refractivity contribution < 1.29 is 17.4 Å². The van der Waals surface area contributed by atoms with E-state index in [1.54, 1.807) is 12.1 Å². The van der Waals surface area contributed by atoms with E-state index in [1.165, 1.54) is 23.9 Å². The van der Waals surface area contributed by atoms with Gasteiger partial charge in [-0.05, 0) is 37.5 Å². The molecule has 0 spiro atoms. The zero-order valence-corrected chi connectivity index (χ0v) is 12.5. The van der Waals surface area contributed by atoms with Crippen LogP contribution < -0.4 is 5.73 Å². The molecule has 0 saturated heterocycles. The Morgan fingerprint density at radius 3 is 2.47 bits per heavy atom. The van der Waals surface area contributed by atoms with E-state index in [-0.39, 0.29) is 4.90 Å². The molecule has 0 radical (unpaired) electrons. The zero-order valence-electron chi connectivity index (χ0n) is 10.8. The molecule has 1 atom stereocenters.